The molecule has 0 amide bonds. The molecule has 0 N–H and O–H groups in total. The lowest BCUT2D eigenvalue weighted by Gasteiger charge is -2.07. The van der Waals surface area contributed by atoms with Crippen LogP contribution in [0.2, 0.25) is 0 Å². The molecule has 0 aromatic carbocycles. The Morgan fingerprint density at radius 2 is 0.950 bits per heavy atom. The van der Waals surface area contributed by atoms with Gasteiger partial charge in [0.2, 0.25) is 0 Å². The van der Waals surface area contributed by atoms with Gasteiger partial charge in [-0.2, -0.15) is 0 Å². The summed E-state index contributed by atoms with van der Waals surface area (Å²) in [7, 11) is 0. The smallest absolute Gasteiger partial charge is 0.0417 e. The van der Waals surface area contributed by atoms with Gasteiger partial charge in [-0.05, 0) is 5.92 Å². The third-order valence-electron chi connectivity index (χ3n) is 4.44. The topological polar surface area (TPSA) is 0 Å². The molecule has 0 aliphatic heterocycles. The van der Waals surface area contributed by atoms with Crippen molar-refractivity contribution in [2.24, 2.45) is 5.92 Å². The van der Waals surface area contributed by atoms with E-state index in [9.17, 15) is 0 Å². The van der Waals surface area contributed by atoms with Crippen LogP contribution in [-0.4, -0.2) is 0 Å². The van der Waals surface area contributed by atoms with Gasteiger partial charge in [0, 0.05) is 0 Å². The van der Waals surface area contributed by atoms with Crippen LogP contribution in [0.4, 0.5) is 0 Å². The van der Waals surface area contributed by atoms with Crippen LogP contribution in [0.25, 0.3) is 0 Å². The van der Waals surface area contributed by atoms with Crippen LogP contribution < -0.4 is 0 Å². The highest BCUT2D eigenvalue weighted by Gasteiger charge is 1.98. The zero-order chi connectivity index (χ0) is 14.9. The summed E-state index contributed by atoms with van der Waals surface area (Å²) < 4.78 is 0. The first kappa shape index (κ1) is 20.0. The molecule has 1 unspecified atom stereocenters. The van der Waals surface area contributed by atoms with E-state index in [-0.39, 0.29) is 0 Å². The summed E-state index contributed by atoms with van der Waals surface area (Å²) >= 11 is 0. The molecular weight excluding hydrogens is 240 g/mol. The molecule has 120 valence electrons. The zero-order valence-electron chi connectivity index (χ0n) is 14.3. The van der Waals surface area contributed by atoms with Gasteiger partial charge in [-0.1, -0.05) is 124 Å². The van der Waals surface area contributed by atoms with Crippen molar-refractivity contribution in [1.82, 2.24) is 0 Å². The Kier molecular flexibility index (Phi) is 17.1. The summed E-state index contributed by atoms with van der Waals surface area (Å²) in [6.45, 7) is 10.3. The molecule has 0 aliphatic carbocycles. The second-order valence-electron chi connectivity index (χ2n) is 6.51. The summed E-state index contributed by atoms with van der Waals surface area (Å²) in [4.78, 5) is 0. The van der Waals surface area contributed by atoms with E-state index in [4.69, 9.17) is 0 Å². The Bertz CT molecular complexity index is 161. The lowest BCUT2D eigenvalue weighted by Crippen LogP contribution is -1.92. The lowest BCUT2D eigenvalue weighted by atomic mass is 9.99. The Balaban J connectivity index is 2.96. The molecule has 0 bridgehead atoms. The van der Waals surface area contributed by atoms with E-state index >= 15 is 0 Å². The average Bonchev–Trinajstić information content (AvgIpc) is 2.47. The van der Waals surface area contributed by atoms with Crippen LogP contribution in [0.15, 0.2) is 0 Å². The minimum absolute atomic E-state index is 0.698. The van der Waals surface area contributed by atoms with Crippen molar-refractivity contribution in [1.29, 1.82) is 0 Å². The lowest BCUT2D eigenvalue weighted by molar-refractivity contribution is 0.497. The molecule has 0 rings (SSSR count). The van der Waals surface area contributed by atoms with E-state index in [2.05, 4.69) is 20.8 Å². The Morgan fingerprint density at radius 3 is 1.30 bits per heavy atom. The third kappa shape index (κ3) is 16.1. The van der Waals surface area contributed by atoms with Crippen LogP contribution in [0.5, 0.6) is 0 Å². The Morgan fingerprint density at radius 1 is 0.600 bits per heavy atom. The van der Waals surface area contributed by atoms with Gasteiger partial charge in [0.05, 0.1) is 0 Å². The number of hydrogen-bond acceptors (Lipinski definition) is 0. The largest absolute Gasteiger partial charge is 0.0651 e. The maximum absolute atomic E-state index is 4.15. The van der Waals surface area contributed by atoms with E-state index in [1.165, 1.54) is 96.3 Å². The molecule has 0 nitrogen and oxygen atoms in total. The normalized spacial score (nSPS) is 12.8. The highest BCUT2D eigenvalue weighted by atomic mass is 14.0. The SMILES string of the molecule is [CH2]CCCCCCCCCCCCCCCC([CH2])CC. The molecule has 0 aromatic rings. The zero-order valence-corrected chi connectivity index (χ0v) is 14.3. The number of hydrogen-bond donors (Lipinski definition) is 0. The first-order valence-corrected chi connectivity index (χ1v) is 9.43. The molecule has 2 radical (unpaired) electrons. The first-order chi connectivity index (χ1) is 9.81. The molecular formula is C20H40. The van der Waals surface area contributed by atoms with Gasteiger partial charge in [0.1, 0.15) is 0 Å². The van der Waals surface area contributed by atoms with Crippen LogP contribution >= 0.6 is 0 Å². The highest BCUT2D eigenvalue weighted by Crippen LogP contribution is 2.15. The van der Waals surface area contributed by atoms with Crippen molar-refractivity contribution in [3.05, 3.63) is 13.8 Å². The van der Waals surface area contributed by atoms with Crippen LogP contribution in [0.1, 0.15) is 110 Å². The summed E-state index contributed by atoms with van der Waals surface area (Å²) in [5, 5.41) is 0. The quantitative estimate of drug-likeness (QED) is 0.256. The second kappa shape index (κ2) is 17.1. The summed E-state index contributed by atoms with van der Waals surface area (Å²) in [5.41, 5.74) is 0. The van der Waals surface area contributed by atoms with E-state index in [1.807, 2.05) is 0 Å². The van der Waals surface area contributed by atoms with E-state index in [1.54, 1.807) is 0 Å². The van der Waals surface area contributed by atoms with E-state index in [0.717, 1.165) is 6.42 Å². The molecule has 1 atom stereocenters. The Labute approximate surface area is 130 Å². The van der Waals surface area contributed by atoms with Crippen LogP contribution in [0, 0.1) is 19.8 Å². The monoisotopic (exact) mass is 280 g/mol. The molecule has 0 saturated heterocycles. The van der Waals surface area contributed by atoms with Gasteiger partial charge in [-0.25, -0.2) is 0 Å². The average molecular weight is 281 g/mol. The molecule has 0 aromatic heterocycles. The van der Waals surface area contributed by atoms with Crippen molar-refractivity contribution < 1.29 is 0 Å². The van der Waals surface area contributed by atoms with Crippen molar-refractivity contribution in [2.45, 2.75) is 110 Å². The fourth-order valence-electron chi connectivity index (χ4n) is 2.76. The van der Waals surface area contributed by atoms with Crippen LogP contribution in [-0.2, 0) is 0 Å². The van der Waals surface area contributed by atoms with Crippen molar-refractivity contribution in [3.63, 3.8) is 0 Å². The van der Waals surface area contributed by atoms with Gasteiger partial charge in [0.15, 0.2) is 0 Å². The molecule has 0 heterocycles. The molecule has 20 heavy (non-hydrogen) atoms. The number of rotatable bonds is 16. The predicted octanol–water partition coefficient (Wildman–Crippen LogP) is 7.53. The highest BCUT2D eigenvalue weighted by molar-refractivity contribution is 4.58. The maximum atomic E-state index is 4.15. The maximum Gasteiger partial charge on any atom is -0.0417 e. The van der Waals surface area contributed by atoms with Crippen molar-refractivity contribution in [2.75, 3.05) is 0 Å². The first-order valence-electron chi connectivity index (χ1n) is 9.43. The molecule has 0 heteroatoms. The molecule has 0 saturated carbocycles. The third-order valence-corrected chi connectivity index (χ3v) is 4.44. The van der Waals surface area contributed by atoms with Gasteiger partial charge >= 0.3 is 0 Å². The summed E-state index contributed by atoms with van der Waals surface area (Å²) in [6.07, 6.45) is 22.3. The molecule has 0 spiro atoms. The summed E-state index contributed by atoms with van der Waals surface area (Å²) in [6, 6.07) is 0. The van der Waals surface area contributed by atoms with Crippen LogP contribution in [0.3, 0.4) is 0 Å². The van der Waals surface area contributed by atoms with Gasteiger partial charge < -0.3 is 0 Å². The van der Waals surface area contributed by atoms with Gasteiger partial charge in [-0.15, -0.1) is 0 Å². The van der Waals surface area contributed by atoms with E-state index < -0.39 is 0 Å². The molecule has 0 aliphatic rings. The number of unbranched alkanes of at least 4 members (excludes halogenated alkanes) is 13. The minimum Gasteiger partial charge on any atom is -0.0651 e. The fraction of sp³-hybridized carbons (Fsp3) is 0.900. The van der Waals surface area contributed by atoms with Gasteiger partial charge in [0.25, 0.3) is 0 Å². The second-order valence-corrected chi connectivity index (χ2v) is 6.51. The van der Waals surface area contributed by atoms with Gasteiger partial charge in [-0.3, -0.25) is 0 Å². The minimum atomic E-state index is 0.698. The standard InChI is InChI=1S/C20H40/c1-4-6-7-8-9-10-11-12-13-14-15-16-17-18-19-20(3)5-2/h20H,1,3-19H2,2H3. The van der Waals surface area contributed by atoms with Crippen molar-refractivity contribution in [3.8, 4) is 0 Å². The predicted molar refractivity (Wildman–Crippen MR) is 93.8 cm³/mol. The summed E-state index contributed by atoms with van der Waals surface area (Å²) in [5.74, 6) is 0.698. The fourth-order valence-corrected chi connectivity index (χ4v) is 2.76. The molecule has 0 fully saturated rings. The van der Waals surface area contributed by atoms with Crippen molar-refractivity contribution >= 4 is 0 Å². The Hall–Kier alpha value is 0. The van der Waals surface area contributed by atoms with E-state index in [0.29, 0.717) is 5.92 Å².